The number of methoxy groups -OCH3 is 1. The predicted molar refractivity (Wildman–Crippen MR) is 81.1 cm³/mol. The highest BCUT2D eigenvalue weighted by Gasteiger charge is 2.03. The summed E-state index contributed by atoms with van der Waals surface area (Å²) in [5.74, 6) is 1.03. The molecule has 0 saturated heterocycles. The van der Waals surface area contributed by atoms with Crippen molar-refractivity contribution in [3.63, 3.8) is 0 Å². The van der Waals surface area contributed by atoms with Crippen molar-refractivity contribution >= 4 is 20.7 Å². The maximum Gasteiger partial charge on any atom is 0.148 e. The van der Waals surface area contributed by atoms with E-state index in [0.29, 0.717) is 6.54 Å². The highest BCUT2D eigenvalue weighted by atomic mass is 32.2. The molecule has 0 unspecified atom stereocenters. The number of fused-ring (bicyclic) bond motifs is 1. The summed E-state index contributed by atoms with van der Waals surface area (Å²) in [5, 5.41) is 4.28. The number of rotatable bonds is 7. The van der Waals surface area contributed by atoms with E-state index in [-0.39, 0.29) is 5.75 Å². The molecule has 0 aliphatic rings. The van der Waals surface area contributed by atoms with E-state index in [0.717, 1.165) is 29.7 Å². The molecule has 1 heterocycles. The van der Waals surface area contributed by atoms with Gasteiger partial charge in [0.05, 0.1) is 12.9 Å². The smallest absolute Gasteiger partial charge is 0.148 e. The van der Waals surface area contributed by atoms with Crippen LogP contribution in [0.2, 0.25) is 0 Å². The SMILES string of the molecule is COc1ccc2c(ccn2CCNCCS(C)(=O)=O)c1. The third-order valence-electron chi connectivity index (χ3n) is 3.16. The molecule has 6 heteroatoms. The Morgan fingerprint density at radius 1 is 1.25 bits per heavy atom. The Balaban J connectivity index is 1.90. The second-order valence-corrected chi connectivity index (χ2v) is 7.07. The van der Waals surface area contributed by atoms with Gasteiger partial charge in [-0.1, -0.05) is 0 Å². The number of sulfone groups is 1. The van der Waals surface area contributed by atoms with Gasteiger partial charge in [0.15, 0.2) is 0 Å². The fourth-order valence-electron chi connectivity index (χ4n) is 2.08. The van der Waals surface area contributed by atoms with Crippen LogP contribution in [0.15, 0.2) is 30.5 Å². The standard InChI is InChI=1S/C14H20N2O3S/c1-19-13-3-4-14-12(11-13)5-8-16(14)9-6-15-7-10-20(2,17)18/h3-5,8,11,15H,6-7,9-10H2,1-2H3. The zero-order valence-corrected chi connectivity index (χ0v) is 12.6. The first-order valence-electron chi connectivity index (χ1n) is 6.51. The van der Waals surface area contributed by atoms with Crippen molar-refractivity contribution in [3.8, 4) is 5.75 Å². The number of hydrogen-bond acceptors (Lipinski definition) is 4. The number of benzene rings is 1. The summed E-state index contributed by atoms with van der Waals surface area (Å²) in [7, 11) is -1.23. The molecule has 1 aromatic heterocycles. The molecule has 20 heavy (non-hydrogen) atoms. The van der Waals surface area contributed by atoms with Gasteiger partial charge in [-0.25, -0.2) is 8.42 Å². The quantitative estimate of drug-likeness (QED) is 0.782. The molecule has 0 saturated carbocycles. The minimum absolute atomic E-state index is 0.177. The molecule has 2 rings (SSSR count). The molecule has 0 fully saturated rings. The molecule has 1 N–H and O–H groups in total. The van der Waals surface area contributed by atoms with E-state index in [1.54, 1.807) is 7.11 Å². The second kappa shape index (κ2) is 6.28. The van der Waals surface area contributed by atoms with E-state index in [9.17, 15) is 8.42 Å². The Labute approximate surface area is 119 Å². The van der Waals surface area contributed by atoms with E-state index in [1.807, 2.05) is 30.5 Å². The van der Waals surface area contributed by atoms with Gasteiger partial charge in [0, 0.05) is 43.0 Å². The summed E-state index contributed by atoms with van der Waals surface area (Å²) in [5.41, 5.74) is 1.15. The molecule has 0 aliphatic carbocycles. The fourth-order valence-corrected chi connectivity index (χ4v) is 2.60. The number of nitrogens with one attached hydrogen (secondary N) is 1. The van der Waals surface area contributed by atoms with Gasteiger partial charge in [-0.15, -0.1) is 0 Å². The Bertz CT molecular complexity index is 677. The van der Waals surface area contributed by atoms with Crippen LogP contribution in [-0.4, -0.2) is 45.2 Å². The lowest BCUT2D eigenvalue weighted by Gasteiger charge is -2.07. The lowest BCUT2D eigenvalue weighted by atomic mass is 10.2. The third-order valence-corrected chi connectivity index (χ3v) is 4.10. The number of aromatic nitrogens is 1. The van der Waals surface area contributed by atoms with Crippen LogP contribution in [0.1, 0.15) is 0 Å². The van der Waals surface area contributed by atoms with E-state index in [1.165, 1.54) is 6.26 Å². The average Bonchev–Trinajstić information content (AvgIpc) is 2.79. The van der Waals surface area contributed by atoms with Gasteiger partial charge < -0.3 is 14.6 Å². The summed E-state index contributed by atoms with van der Waals surface area (Å²) in [6.07, 6.45) is 3.28. The highest BCUT2D eigenvalue weighted by Crippen LogP contribution is 2.21. The summed E-state index contributed by atoms with van der Waals surface area (Å²) in [6.45, 7) is 2.04. The predicted octanol–water partition coefficient (Wildman–Crippen LogP) is 1.28. The van der Waals surface area contributed by atoms with Crippen LogP contribution in [0.4, 0.5) is 0 Å². The van der Waals surface area contributed by atoms with Crippen molar-refractivity contribution in [1.29, 1.82) is 0 Å². The van der Waals surface area contributed by atoms with E-state index in [2.05, 4.69) is 9.88 Å². The molecule has 0 bridgehead atoms. The van der Waals surface area contributed by atoms with E-state index < -0.39 is 9.84 Å². The van der Waals surface area contributed by atoms with E-state index >= 15 is 0 Å². The van der Waals surface area contributed by atoms with Gasteiger partial charge in [0.25, 0.3) is 0 Å². The Morgan fingerprint density at radius 2 is 2.05 bits per heavy atom. The van der Waals surface area contributed by atoms with Gasteiger partial charge in [-0.2, -0.15) is 0 Å². The molecule has 0 atom stereocenters. The molecule has 1 aromatic carbocycles. The van der Waals surface area contributed by atoms with Crippen molar-refractivity contribution in [2.75, 3.05) is 32.2 Å². The zero-order chi connectivity index (χ0) is 14.6. The maximum absolute atomic E-state index is 11.0. The van der Waals surface area contributed by atoms with Gasteiger partial charge in [0.1, 0.15) is 15.6 Å². The Kier molecular flexibility index (Phi) is 4.67. The van der Waals surface area contributed by atoms with Gasteiger partial charge in [-0.3, -0.25) is 0 Å². The van der Waals surface area contributed by atoms with Crippen molar-refractivity contribution in [2.24, 2.45) is 0 Å². The first-order valence-corrected chi connectivity index (χ1v) is 8.57. The van der Waals surface area contributed by atoms with Crippen LogP contribution >= 0.6 is 0 Å². The highest BCUT2D eigenvalue weighted by molar-refractivity contribution is 7.90. The molecular formula is C14H20N2O3S. The van der Waals surface area contributed by atoms with Crippen LogP contribution in [0, 0.1) is 0 Å². The first-order chi connectivity index (χ1) is 9.49. The van der Waals surface area contributed by atoms with Crippen molar-refractivity contribution in [2.45, 2.75) is 6.54 Å². The lowest BCUT2D eigenvalue weighted by Crippen LogP contribution is -2.25. The van der Waals surface area contributed by atoms with Crippen LogP contribution in [0.5, 0.6) is 5.75 Å². The van der Waals surface area contributed by atoms with Gasteiger partial charge in [-0.05, 0) is 24.3 Å². The van der Waals surface area contributed by atoms with Gasteiger partial charge in [0.2, 0.25) is 0 Å². The maximum atomic E-state index is 11.0. The van der Waals surface area contributed by atoms with Crippen LogP contribution in [0.25, 0.3) is 10.9 Å². The average molecular weight is 296 g/mol. The second-order valence-electron chi connectivity index (χ2n) is 4.81. The minimum Gasteiger partial charge on any atom is -0.497 e. The summed E-state index contributed by atoms with van der Waals surface area (Å²) >= 11 is 0. The molecule has 2 aromatic rings. The third kappa shape index (κ3) is 3.98. The summed E-state index contributed by atoms with van der Waals surface area (Å²) < 4.78 is 29.3. The first kappa shape index (κ1) is 14.9. The van der Waals surface area contributed by atoms with Crippen molar-refractivity contribution < 1.29 is 13.2 Å². The molecular weight excluding hydrogens is 276 g/mol. The molecule has 0 spiro atoms. The van der Waals surface area contributed by atoms with Gasteiger partial charge >= 0.3 is 0 Å². The zero-order valence-electron chi connectivity index (χ0n) is 11.8. The molecule has 0 aliphatic heterocycles. The molecule has 110 valence electrons. The molecule has 5 nitrogen and oxygen atoms in total. The number of hydrogen-bond donors (Lipinski definition) is 1. The number of ether oxygens (including phenoxy) is 1. The van der Waals surface area contributed by atoms with Crippen LogP contribution in [-0.2, 0) is 16.4 Å². The fraction of sp³-hybridized carbons (Fsp3) is 0.429. The lowest BCUT2D eigenvalue weighted by molar-refractivity contribution is 0.415. The minimum atomic E-state index is -2.88. The Hall–Kier alpha value is -1.53. The van der Waals surface area contributed by atoms with Crippen LogP contribution in [0.3, 0.4) is 0 Å². The monoisotopic (exact) mass is 296 g/mol. The normalized spacial score (nSPS) is 11.9. The topological polar surface area (TPSA) is 60.3 Å². The molecule has 0 amide bonds. The van der Waals surface area contributed by atoms with E-state index in [4.69, 9.17) is 4.74 Å². The van der Waals surface area contributed by atoms with Crippen LogP contribution < -0.4 is 10.1 Å². The largest absolute Gasteiger partial charge is 0.497 e. The summed E-state index contributed by atoms with van der Waals surface area (Å²) in [6, 6.07) is 8.03. The molecule has 0 radical (unpaired) electrons. The van der Waals surface area contributed by atoms with Crippen molar-refractivity contribution in [3.05, 3.63) is 30.5 Å². The Morgan fingerprint density at radius 3 is 2.75 bits per heavy atom. The number of nitrogens with zero attached hydrogens (tertiary/aromatic N) is 1. The van der Waals surface area contributed by atoms with Crippen molar-refractivity contribution in [1.82, 2.24) is 9.88 Å². The summed E-state index contributed by atoms with van der Waals surface area (Å²) in [4.78, 5) is 0.